The lowest BCUT2D eigenvalue weighted by Crippen LogP contribution is -2.51. The Hall–Kier alpha value is -2.14. The van der Waals surface area contributed by atoms with Gasteiger partial charge in [0.25, 0.3) is 5.91 Å². The molecule has 2 saturated heterocycles. The molecule has 0 bridgehead atoms. The predicted molar refractivity (Wildman–Crippen MR) is 113 cm³/mol. The Morgan fingerprint density at radius 2 is 1.54 bits per heavy atom. The highest BCUT2D eigenvalue weighted by Gasteiger charge is 2.44. The average molecular weight is 441 g/mol. The Morgan fingerprint density at radius 3 is 2.21 bits per heavy atom. The molecular formula is C23H25BrN2O2. The summed E-state index contributed by atoms with van der Waals surface area (Å²) in [5, 5.41) is 0. The van der Waals surface area contributed by atoms with Gasteiger partial charge in [-0.2, -0.15) is 0 Å². The van der Waals surface area contributed by atoms with Crippen molar-refractivity contribution in [1.82, 2.24) is 9.80 Å². The summed E-state index contributed by atoms with van der Waals surface area (Å²) in [4.78, 5) is 30.6. The minimum Gasteiger partial charge on any atom is -0.341 e. The summed E-state index contributed by atoms with van der Waals surface area (Å²) in [7, 11) is 0. The molecule has 2 fully saturated rings. The van der Waals surface area contributed by atoms with E-state index in [1.807, 2.05) is 47.4 Å². The third-order valence-electron chi connectivity index (χ3n) is 5.90. The third-order valence-corrected chi connectivity index (χ3v) is 6.43. The zero-order valence-electron chi connectivity index (χ0n) is 15.9. The second-order valence-corrected chi connectivity index (χ2v) is 8.56. The van der Waals surface area contributed by atoms with Crippen LogP contribution in [0.1, 0.15) is 47.5 Å². The van der Waals surface area contributed by atoms with E-state index in [4.69, 9.17) is 0 Å². The number of carbonyl (C=O) groups excluding carboxylic acids is 2. The largest absolute Gasteiger partial charge is 0.341 e. The van der Waals surface area contributed by atoms with Crippen LogP contribution in [0.25, 0.3) is 0 Å². The minimum atomic E-state index is -0.420. The molecule has 2 unspecified atom stereocenters. The van der Waals surface area contributed by atoms with Gasteiger partial charge >= 0.3 is 0 Å². The Labute approximate surface area is 174 Å². The van der Waals surface area contributed by atoms with Gasteiger partial charge in [0, 0.05) is 35.6 Å². The van der Waals surface area contributed by atoms with Crippen LogP contribution in [0.4, 0.5) is 0 Å². The lowest BCUT2D eigenvalue weighted by atomic mass is 9.90. The van der Waals surface area contributed by atoms with E-state index in [0.717, 1.165) is 42.4 Å². The molecule has 5 heteroatoms. The van der Waals surface area contributed by atoms with Crippen LogP contribution in [0.3, 0.4) is 0 Å². The summed E-state index contributed by atoms with van der Waals surface area (Å²) in [6.07, 6.45) is 4.10. The number of benzene rings is 2. The van der Waals surface area contributed by atoms with Crippen molar-refractivity contribution in [3.63, 3.8) is 0 Å². The molecule has 2 aromatic rings. The Morgan fingerprint density at radius 1 is 0.857 bits per heavy atom. The van der Waals surface area contributed by atoms with Gasteiger partial charge in [0.2, 0.25) is 5.91 Å². The van der Waals surface area contributed by atoms with Crippen LogP contribution in [-0.2, 0) is 4.79 Å². The number of rotatable bonds is 3. The van der Waals surface area contributed by atoms with E-state index in [1.54, 1.807) is 4.90 Å². The van der Waals surface area contributed by atoms with Crippen LogP contribution in [0.5, 0.6) is 0 Å². The van der Waals surface area contributed by atoms with Gasteiger partial charge in [-0.05, 0) is 55.5 Å². The van der Waals surface area contributed by atoms with Crippen molar-refractivity contribution in [3.05, 3.63) is 70.2 Å². The molecule has 28 heavy (non-hydrogen) atoms. The first-order valence-electron chi connectivity index (χ1n) is 10.1. The SMILES string of the molecule is O=C(C1C(c2ccccc2)CCN1C(=O)c1ccc(Br)cc1)N1CCCCC1. The Kier molecular flexibility index (Phi) is 5.81. The topological polar surface area (TPSA) is 40.6 Å². The van der Waals surface area contributed by atoms with Gasteiger partial charge in [-0.15, -0.1) is 0 Å². The van der Waals surface area contributed by atoms with Crippen LogP contribution in [0.15, 0.2) is 59.1 Å². The zero-order valence-corrected chi connectivity index (χ0v) is 17.5. The molecule has 2 heterocycles. The maximum atomic E-state index is 13.5. The number of likely N-dealkylation sites (tertiary alicyclic amines) is 2. The Balaban J connectivity index is 1.65. The Bertz CT molecular complexity index is 831. The van der Waals surface area contributed by atoms with E-state index in [9.17, 15) is 9.59 Å². The first-order chi connectivity index (χ1) is 13.6. The lowest BCUT2D eigenvalue weighted by Gasteiger charge is -2.35. The summed E-state index contributed by atoms with van der Waals surface area (Å²) in [5.41, 5.74) is 1.78. The number of carbonyl (C=O) groups is 2. The standard InChI is InChI=1S/C23H25BrN2O2/c24-19-11-9-18(10-12-19)22(27)26-16-13-20(17-7-3-1-4-8-17)21(26)23(28)25-14-5-2-6-15-25/h1,3-4,7-12,20-21H,2,5-6,13-16H2. The summed E-state index contributed by atoms with van der Waals surface area (Å²) >= 11 is 3.42. The molecular weight excluding hydrogens is 416 g/mol. The maximum absolute atomic E-state index is 13.5. The van der Waals surface area contributed by atoms with E-state index >= 15 is 0 Å². The number of amides is 2. The molecule has 0 spiro atoms. The van der Waals surface area contributed by atoms with Gasteiger partial charge in [-0.25, -0.2) is 0 Å². The van der Waals surface area contributed by atoms with E-state index in [2.05, 4.69) is 28.1 Å². The number of nitrogens with zero attached hydrogens (tertiary/aromatic N) is 2. The van der Waals surface area contributed by atoms with Crippen LogP contribution >= 0.6 is 15.9 Å². The van der Waals surface area contributed by atoms with E-state index < -0.39 is 6.04 Å². The fourth-order valence-electron chi connectivity index (χ4n) is 4.43. The second kappa shape index (κ2) is 8.48. The molecule has 146 valence electrons. The van der Waals surface area contributed by atoms with Crippen molar-refractivity contribution in [3.8, 4) is 0 Å². The van der Waals surface area contributed by atoms with E-state index in [-0.39, 0.29) is 17.7 Å². The average Bonchev–Trinajstić information content (AvgIpc) is 3.19. The van der Waals surface area contributed by atoms with Crippen molar-refractivity contribution in [2.45, 2.75) is 37.6 Å². The summed E-state index contributed by atoms with van der Waals surface area (Å²) in [6.45, 7) is 2.22. The molecule has 4 rings (SSSR count). The van der Waals surface area contributed by atoms with Gasteiger partial charge in [-0.3, -0.25) is 9.59 Å². The molecule has 4 nitrogen and oxygen atoms in total. The summed E-state index contributed by atoms with van der Waals surface area (Å²) in [6, 6.07) is 17.1. The van der Waals surface area contributed by atoms with Crippen molar-refractivity contribution in [1.29, 1.82) is 0 Å². The van der Waals surface area contributed by atoms with Crippen LogP contribution in [0, 0.1) is 0 Å². The predicted octanol–water partition coefficient (Wildman–Crippen LogP) is 4.46. The molecule has 2 amide bonds. The molecule has 0 radical (unpaired) electrons. The van der Waals surface area contributed by atoms with Crippen LogP contribution in [0.2, 0.25) is 0 Å². The van der Waals surface area contributed by atoms with Gasteiger partial charge in [0.1, 0.15) is 6.04 Å². The number of hydrogen-bond acceptors (Lipinski definition) is 2. The van der Waals surface area contributed by atoms with Gasteiger partial charge < -0.3 is 9.80 Å². The molecule has 0 aliphatic carbocycles. The summed E-state index contributed by atoms with van der Waals surface area (Å²) in [5.74, 6) is 0.104. The van der Waals surface area contributed by atoms with E-state index in [1.165, 1.54) is 6.42 Å². The highest BCUT2D eigenvalue weighted by atomic mass is 79.9. The molecule has 2 aromatic carbocycles. The molecule has 2 aliphatic heterocycles. The maximum Gasteiger partial charge on any atom is 0.254 e. The van der Waals surface area contributed by atoms with Crippen LogP contribution in [-0.4, -0.2) is 47.3 Å². The second-order valence-electron chi connectivity index (χ2n) is 7.64. The quantitative estimate of drug-likeness (QED) is 0.706. The smallest absolute Gasteiger partial charge is 0.254 e. The van der Waals surface area contributed by atoms with Crippen molar-refractivity contribution < 1.29 is 9.59 Å². The number of hydrogen-bond donors (Lipinski definition) is 0. The van der Waals surface area contributed by atoms with E-state index in [0.29, 0.717) is 12.1 Å². The number of halogens is 1. The molecule has 2 atom stereocenters. The first kappa shape index (κ1) is 19.2. The highest BCUT2D eigenvalue weighted by molar-refractivity contribution is 9.10. The highest BCUT2D eigenvalue weighted by Crippen LogP contribution is 2.36. The molecule has 0 aromatic heterocycles. The van der Waals surface area contributed by atoms with Crippen LogP contribution < -0.4 is 0 Å². The summed E-state index contributed by atoms with van der Waals surface area (Å²) < 4.78 is 0.938. The van der Waals surface area contributed by atoms with Crippen molar-refractivity contribution in [2.75, 3.05) is 19.6 Å². The van der Waals surface area contributed by atoms with Gasteiger partial charge in [0.15, 0.2) is 0 Å². The number of piperidine rings is 1. The monoisotopic (exact) mass is 440 g/mol. The molecule has 0 N–H and O–H groups in total. The minimum absolute atomic E-state index is 0.0509. The zero-order chi connectivity index (χ0) is 19.5. The van der Waals surface area contributed by atoms with Gasteiger partial charge in [0.05, 0.1) is 0 Å². The van der Waals surface area contributed by atoms with Gasteiger partial charge in [-0.1, -0.05) is 46.3 Å². The normalized spacial score (nSPS) is 22.3. The fraction of sp³-hybridized carbons (Fsp3) is 0.391. The molecule has 2 aliphatic rings. The fourth-order valence-corrected chi connectivity index (χ4v) is 4.70. The van der Waals surface area contributed by atoms with Crippen molar-refractivity contribution in [2.24, 2.45) is 0 Å². The van der Waals surface area contributed by atoms with Crippen molar-refractivity contribution >= 4 is 27.7 Å². The third kappa shape index (κ3) is 3.86. The lowest BCUT2D eigenvalue weighted by molar-refractivity contribution is -0.136. The first-order valence-corrected chi connectivity index (χ1v) is 10.8. The molecule has 0 saturated carbocycles.